The molecule has 0 aliphatic heterocycles. The highest BCUT2D eigenvalue weighted by Gasteiger charge is 2.07. The van der Waals surface area contributed by atoms with E-state index in [9.17, 15) is 0 Å². The van der Waals surface area contributed by atoms with Crippen molar-refractivity contribution in [3.05, 3.63) is 55.0 Å². The summed E-state index contributed by atoms with van der Waals surface area (Å²) in [6.45, 7) is 3.97. The lowest BCUT2D eigenvalue weighted by atomic mass is 10.3. The Morgan fingerprint density at radius 1 is 1.24 bits per heavy atom. The molecule has 0 unspecified atom stereocenters. The molecule has 3 heterocycles. The van der Waals surface area contributed by atoms with Crippen LogP contribution in [0.5, 0.6) is 0 Å². The molecule has 0 saturated heterocycles. The molecular weight excluding hydrogens is 264 g/mol. The Kier molecular flexibility index (Phi) is 3.95. The SMILES string of the molecule is CCCn1cccc1CNc1cccnc1-n1cncn1. The number of hydrogen-bond acceptors (Lipinski definition) is 4. The van der Waals surface area contributed by atoms with Crippen LogP contribution in [0.3, 0.4) is 0 Å². The second-order valence-corrected chi connectivity index (χ2v) is 4.76. The number of nitrogens with zero attached hydrogens (tertiary/aromatic N) is 5. The van der Waals surface area contributed by atoms with Gasteiger partial charge in [-0.25, -0.2) is 14.6 Å². The van der Waals surface area contributed by atoms with Crippen LogP contribution < -0.4 is 5.32 Å². The topological polar surface area (TPSA) is 60.6 Å². The van der Waals surface area contributed by atoms with Gasteiger partial charge < -0.3 is 9.88 Å². The van der Waals surface area contributed by atoms with Crippen LogP contribution in [0.25, 0.3) is 5.82 Å². The molecule has 0 atom stereocenters. The molecule has 3 aromatic rings. The highest BCUT2D eigenvalue weighted by molar-refractivity contribution is 5.56. The molecule has 3 rings (SSSR count). The molecule has 0 amide bonds. The number of pyridine rings is 1. The van der Waals surface area contributed by atoms with Crippen molar-refractivity contribution in [3.8, 4) is 5.82 Å². The minimum Gasteiger partial charge on any atom is -0.376 e. The molecule has 0 radical (unpaired) electrons. The van der Waals surface area contributed by atoms with Crippen molar-refractivity contribution in [1.29, 1.82) is 0 Å². The fourth-order valence-corrected chi connectivity index (χ4v) is 2.29. The van der Waals surface area contributed by atoms with Gasteiger partial charge in [0.15, 0.2) is 5.82 Å². The van der Waals surface area contributed by atoms with Crippen molar-refractivity contribution in [3.63, 3.8) is 0 Å². The quantitative estimate of drug-likeness (QED) is 0.754. The Morgan fingerprint density at radius 3 is 3.00 bits per heavy atom. The molecule has 0 fully saturated rings. The summed E-state index contributed by atoms with van der Waals surface area (Å²) in [4.78, 5) is 8.34. The van der Waals surface area contributed by atoms with Crippen LogP contribution in [-0.2, 0) is 13.1 Å². The minimum atomic E-state index is 0.750. The van der Waals surface area contributed by atoms with Crippen molar-refractivity contribution >= 4 is 5.69 Å². The fraction of sp³-hybridized carbons (Fsp3) is 0.267. The zero-order valence-corrected chi connectivity index (χ0v) is 12.0. The Balaban J connectivity index is 1.78. The molecule has 0 spiro atoms. The number of nitrogens with one attached hydrogen (secondary N) is 1. The normalized spacial score (nSPS) is 10.7. The molecule has 0 saturated carbocycles. The second kappa shape index (κ2) is 6.21. The number of rotatable bonds is 6. The Bertz CT molecular complexity index is 686. The predicted molar refractivity (Wildman–Crippen MR) is 81.2 cm³/mol. The first-order valence-electron chi connectivity index (χ1n) is 7.06. The van der Waals surface area contributed by atoms with E-state index >= 15 is 0 Å². The number of hydrogen-bond donors (Lipinski definition) is 1. The van der Waals surface area contributed by atoms with Gasteiger partial charge in [-0.05, 0) is 30.7 Å². The molecule has 108 valence electrons. The Labute approximate surface area is 123 Å². The molecule has 3 aromatic heterocycles. The first kappa shape index (κ1) is 13.4. The highest BCUT2D eigenvalue weighted by atomic mass is 15.3. The van der Waals surface area contributed by atoms with Gasteiger partial charge in [-0.1, -0.05) is 6.92 Å². The first-order valence-corrected chi connectivity index (χ1v) is 7.06. The summed E-state index contributed by atoms with van der Waals surface area (Å²) in [5.41, 5.74) is 2.19. The first-order chi connectivity index (χ1) is 10.4. The van der Waals surface area contributed by atoms with Crippen LogP contribution in [0, 0.1) is 0 Å². The zero-order chi connectivity index (χ0) is 14.5. The van der Waals surface area contributed by atoms with Crippen LogP contribution in [0.2, 0.25) is 0 Å². The molecule has 21 heavy (non-hydrogen) atoms. The third kappa shape index (κ3) is 2.94. The summed E-state index contributed by atoms with van der Waals surface area (Å²) in [6.07, 6.45) is 8.14. The minimum absolute atomic E-state index is 0.750. The third-order valence-electron chi connectivity index (χ3n) is 3.27. The summed E-state index contributed by atoms with van der Waals surface area (Å²) in [5.74, 6) is 0.753. The van der Waals surface area contributed by atoms with Crippen LogP contribution in [0.15, 0.2) is 49.3 Å². The van der Waals surface area contributed by atoms with E-state index in [1.165, 1.54) is 12.0 Å². The van der Waals surface area contributed by atoms with Crippen molar-refractivity contribution in [2.45, 2.75) is 26.4 Å². The van der Waals surface area contributed by atoms with Gasteiger partial charge >= 0.3 is 0 Å². The second-order valence-electron chi connectivity index (χ2n) is 4.76. The molecular formula is C15H18N6. The molecule has 6 heteroatoms. The van der Waals surface area contributed by atoms with Crippen LogP contribution in [0.4, 0.5) is 5.69 Å². The molecule has 0 aliphatic carbocycles. The largest absolute Gasteiger partial charge is 0.376 e. The molecule has 0 aliphatic rings. The lowest BCUT2D eigenvalue weighted by Gasteiger charge is -2.12. The van der Waals surface area contributed by atoms with E-state index in [1.807, 2.05) is 12.1 Å². The van der Waals surface area contributed by atoms with Crippen LogP contribution >= 0.6 is 0 Å². The monoisotopic (exact) mass is 282 g/mol. The van der Waals surface area contributed by atoms with Crippen molar-refractivity contribution in [2.75, 3.05) is 5.32 Å². The number of anilines is 1. The molecule has 0 bridgehead atoms. The Hall–Kier alpha value is -2.63. The smallest absolute Gasteiger partial charge is 0.178 e. The van der Waals surface area contributed by atoms with Crippen LogP contribution in [-0.4, -0.2) is 24.3 Å². The van der Waals surface area contributed by atoms with Gasteiger partial charge in [-0.15, -0.1) is 0 Å². The summed E-state index contributed by atoms with van der Waals surface area (Å²) >= 11 is 0. The lowest BCUT2D eigenvalue weighted by Crippen LogP contribution is -2.10. The summed E-state index contributed by atoms with van der Waals surface area (Å²) < 4.78 is 3.92. The molecule has 1 N–H and O–H groups in total. The average Bonchev–Trinajstić information content (AvgIpc) is 3.17. The van der Waals surface area contributed by atoms with E-state index in [2.05, 4.69) is 50.2 Å². The number of aryl methyl sites for hydroxylation is 1. The predicted octanol–water partition coefficient (Wildman–Crippen LogP) is 2.49. The van der Waals surface area contributed by atoms with Crippen molar-refractivity contribution < 1.29 is 0 Å². The zero-order valence-electron chi connectivity index (χ0n) is 12.0. The molecule has 0 aromatic carbocycles. The van der Waals surface area contributed by atoms with Gasteiger partial charge in [0.2, 0.25) is 0 Å². The van der Waals surface area contributed by atoms with Crippen molar-refractivity contribution in [1.82, 2.24) is 24.3 Å². The Morgan fingerprint density at radius 2 is 2.19 bits per heavy atom. The maximum atomic E-state index is 4.37. The van der Waals surface area contributed by atoms with Gasteiger partial charge in [0, 0.05) is 24.6 Å². The van der Waals surface area contributed by atoms with Gasteiger partial charge in [-0.2, -0.15) is 5.10 Å². The van der Waals surface area contributed by atoms with E-state index in [0.717, 1.165) is 31.0 Å². The standard InChI is InChI=1S/C15H18N6/c1-2-8-20-9-4-5-13(20)10-18-14-6-3-7-17-15(14)21-12-16-11-19-21/h3-7,9,11-12,18H,2,8,10H2,1H3. The average molecular weight is 282 g/mol. The van der Waals surface area contributed by atoms with E-state index in [0.29, 0.717) is 0 Å². The maximum Gasteiger partial charge on any atom is 0.178 e. The summed E-state index contributed by atoms with van der Waals surface area (Å²) in [6, 6.07) is 8.12. The summed E-state index contributed by atoms with van der Waals surface area (Å²) in [7, 11) is 0. The lowest BCUT2D eigenvalue weighted by molar-refractivity contribution is 0.654. The van der Waals surface area contributed by atoms with E-state index in [1.54, 1.807) is 17.2 Å². The summed E-state index contributed by atoms with van der Waals surface area (Å²) in [5, 5.41) is 7.57. The van der Waals surface area contributed by atoms with Gasteiger partial charge in [0.05, 0.1) is 12.2 Å². The van der Waals surface area contributed by atoms with Crippen molar-refractivity contribution in [2.24, 2.45) is 0 Å². The van der Waals surface area contributed by atoms with Crippen LogP contribution in [0.1, 0.15) is 19.0 Å². The maximum absolute atomic E-state index is 4.37. The highest BCUT2D eigenvalue weighted by Crippen LogP contribution is 2.17. The van der Waals surface area contributed by atoms with E-state index in [4.69, 9.17) is 0 Å². The van der Waals surface area contributed by atoms with Gasteiger partial charge in [0.25, 0.3) is 0 Å². The van der Waals surface area contributed by atoms with Gasteiger partial charge in [-0.3, -0.25) is 0 Å². The van der Waals surface area contributed by atoms with E-state index in [-0.39, 0.29) is 0 Å². The van der Waals surface area contributed by atoms with Gasteiger partial charge in [0.1, 0.15) is 12.7 Å². The fourth-order valence-electron chi connectivity index (χ4n) is 2.29. The third-order valence-corrected chi connectivity index (χ3v) is 3.27. The molecule has 6 nitrogen and oxygen atoms in total. The number of aromatic nitrogens is 5. The van der Waals surface area contributed by atoms with E-state index < -0.39 is 0 Å².